The third-order valence-electron chi connectivity index (χ3n) is 0.677. The van der Waals surface area contributed by atoms with Crippen LogP contribution in [0.4, 0.5) is 0 Å². The zero-order valence-electron chi connectivity index (χ0n) is 6.04. The minimum Gasteiger partial charge on any atom is -0.317 e. The molecule has 8 heavy (non-hydrogen) atoms. The van der Waals surface area contributed by atoms with Gasteiger partial charge in [0.2, 0.25) is 0 Å². The van der Waals surface area contributed by atoms with Crippen molar-refractivity contribution in [3.63, 3.8) is 0 Å². The highest BCUT2D eigenvalue weighted by atomic mass is 14.8. The predicted molar refractivity (Wildman–Crippen MR) is 40.1 cm³/mol. The van der Waals surface area contributed by atoms with E-state index in [2.05, 4.69) is 32.3 Å². The molecule has 0 aromatic carbocycles. The van der Waals surface area contributed by atoms with Crippen molar-refractivity contribution >= 4 is 0 Å². The van der Waals surface area contributed by atoms with Gasteiger partial charge in [-0.25, -0.2) is 0 Å². The van der Waals surface area contributed by atoms with Crippen molar-refractivity contribution < 1.29 is 0 Å². The van der Waals surface area contributed by atoms with E-state index in [0.717, 1.165) is 13.1 Å². The highest BCUT2D eigenvalue weighted by molar-refractivity contribution is 4.35. The minimum atomic E-state index is 1.10. The maximum absolute atomic E-state index is 3.20. The van der Waals surface area contributed by atoms with E-state index in [-0.39, 0.29) is 0 Å². The van der Waals surface area contributed by atoms with Gasteiger partial charge >= 0.3 is 0 Å². The van der Waals surface area contributed by atoms with Crippen LogP contribution in [-0.4, -0.2) is 13.1 Å². The van der Waals surface area contributed by atoms with Crippen molar-refractivity contribution in [2.45, 2.75) is 20.3 Å². The molecule has 1 heteroatoms. The minimum absolute atomic E-state index is 1.10. The summed E-state index contributed by atoms with van der Waals surface area (Å²) in [5, 5.41) is 3.20. The van der Waals surface area contributed by atoms with Gasteiger partial charge in [0.25, 0.3) is 0 Å². The summed E-state index contributed by atoms with van der Waals surface area (Å²) in [7, 11) is 0. The Hall–Kier alpha value is -0.300. The van der Waals surface area contributed by atoms with Crippen LogP contribution in [0.1, 0.15) is 20.3 Å². The fraction of sp³-hybridized carbons (Fsp3) is 0.714. The second-order valence-electron chi connectivity index (χ2n) is 1.35. The third-order valence-corrected chi connectivity index (χ3v) is 0.677. The van der Waals surface area contributed by atoms with Crippen molar-refractivity contribution in [2.75, 3.05) is 13.1 Å². The Balaban J connectivity index is 0. The summed E-state index contributed by atoms with van der Waals surface area (Å²) in [5.74, 6) is 0. The van der Waals surface area contributed by atoms with Gasteiger partial charge in [-0.15, -0.1) is 13.2 Å². The largest absolute Gasteiger partial charge is 0.317 e. The number of hydrogen-bond acceptors (Lipinski definition) is 1. The lowest BCUT2D eigenvalue weighted by Crippen LogP contribution is -2.12. The van der Waals surface area contributed by atoms with Gasteiger partial charge in [-0.3, -0.25) is 0 Å². The van der Waals surface area contributed by atoms with Gasteiger partial charge < -0.3 is 5.32 Å². The van der Waals surface area contributed by atoms with E-state index in [4.69, 9.17) is 0 Å². The van der Waals surface area contributed by atoms with Crippen LogP contribution in [0.2, 0.25) is 0 Å². The fourth-order valence-corrected chi connectivity index (χ4v) is 0.354. The van der Waals surface area contributed by atoms with Crippen LogP contribution >= 0.6 is 0 Å². The maximum Gasteiger partial charge on any atom is -0.00517 e. The monoisotopic (exact) mass is 115 g/mol. The number of nitrogens with one attached hydrogen (secondary N) is 1. The SMILES string of the molecule is C=C.CCCNCC. The first-order valence-electron chi connectivity index (χ1n) is 3.12. The molecule has 0 bridgehead atoms. The molecule has 0 rings (SSSR count). The maximum atomic E-state index is 3.20. The average Bonchev–Trinajstić information content (AvgIpc) is 1.88. The highest BCUT2D eigenvalue weighted by Gasteiger charge is 1.71. The van der Waals surface area contributed by atoms with E-state index < -0.39 is 0 Å². The first kappa shape index (κ1) is 10.6. The second-order valence-corrected chi connectivity index (χ2v) is 1.35. The molecule has 50 valence electrons. The number of hydrogen-bond donors (Lipinski definition) is 1. The Morgan fingerprint density at radius 1 is 1.25 bits per heavy atom. The summed E-state index contributed by atoms with van der Waals surface area (Å²) >= 11 is 0. The first-order chi connectivity index (χ1) is 3.91. The van der Waals surface area contributed by atoms with Crippen LogP contribution in [0.15, 0.2) is 13.2 Å². The standard InChI is InChI=1S/C5H13N.C2H4/c1-3-5-6-4-2;1-2/h6H,3-5H2,1-2H3;1-2H2. The van der Waals surface area contributed by atoms with Crippen molar-refractivity contribution in [3.05, 3.63) is 13.2 Å². The molecule has 0 amide bonds. The Bertz CT molecular complexity index is 23.6. The van der Waals surface area contributed by atoms with Gasteiger partial charge in [0.05, 0.1) is 0 Å². The Kier molecular flexibility index (Phi) is 21.1. The third kappa shape index (κ3) is 17.3. The zero-order chi connectivity index (χ0) is 6.83. The van der Waals surface area contributed by atoms with E-state index in [1.807, 2.05) is 0 Å². The van der Waals surface area contributed by atoms with Crippen LogP contribution in [0.25, 0.3) is 0 Å². The molecule has 0 heterocycles. The van der Waals surface area contributed by atoms with E-state index >= 15 is 0 Å². The lowest BCUT2D eigenvalue weighted by molar-refractivity contribution is 0.703. The molecule has 1 N–H and O–H groups in total. The molecular formula is C7H17N. The Morgan fingerprint density at radius 2 is 1.75 bits per heavy atom. The van der Waals surface area contributed by atoms with E-state index in [0.29, 0.717) is 0 Å². The summed E-state index contributed by atoms with van der Waals surface area (Å²) in [6, 6.07) is 0. The van der Waals surface area contributed by atoms with Gasteiger partial charge in [0, 0.05) is 0 Å². The quantitative estimate of drug-likeness (QED) is 0.437. The predicted octanol–water partition coefficient (Wildman–Crippen LogP) is 1.81. The molecule has 0 fully saturated rings. The summed E-state index contributed by atoms with van der Waals surface area (Å²) in [5.41, 5.74) is 0. The number of rotatable bonds is 3. The lowest BCUT2D eigenvalue weighted by atomic mass is 10.5. The van der Waals surface area contributed by atoms with Crippen LogP contribution in [0.5, 0.6) is 0 Å². The van der Waals surface area contributed by atoms with Crippen molar-refractivity contribution in [2.24, 2.45) is 0 Å². The topological polar surface area (TPSA) is 12.0 Å². The second kappa shape index (κ2) is 15.9. The van der Waals surface area contributed by atoms with Gasteiger partial charge in [-0.05, 0) is 19.5 Å². The molecule has 0 aliphatic heterocycles. The van der Waals surface area contributed by atoms with Crippen molar-refractivity contribution in [3.8, 4) is 0 Å². The summed E-state index contributed by atoms with van der Waals surface area (Å²) < 4.78 is 0. The highest BCUT2D eigenvalue weighted by Crippen LogP contribution is 1.65. The first-order valence-corrected chi connectivity index (χ1v) is 3.12. The normalized spacial score (nSPS) is 7.25. The van der Waals surface area contributed by atoms with Crippen molar-refractivity contribution in [1.82, 2.24) is 5.32 Å². The molecule has 0 unspecified atom stereocenters. The molecule has 0 aliphatic carbocycles. The van der Waals surface area contributed by atoms with E-state index in [9.17, 15) is 0 Å². The summed E-state index contributed by atoms with van der Waals surface area (Å²) in [4.78, 5) is 0. The summed E-state index contributed by atoms with van der Waals surface area (Å²) in [6.45, 7) is 12.6. The summed E-state index contributed by atoms with van der Waals surface area (Å²) in [6.07, 6.45) is 1.24. The van der Waals surface area contributed by atoms with Crippen LogP contribution < -0.4 is 5.32 Å². The molecule has 0 aromatic rings. The smallest absolute Gasteiger partial charge is 0.00517 e. The van der Waals surface area contributed by atoms with Gasteiger partial charge in [-0.1, -0.05) is 13.8 Å². The fourth-order valence-electron chi connectivity index (χ4n) is 0.354. The zero-order valence-corrected chi connectivity index (χ0v) is 6.04. The lowest BCUT2D eigenvalue weighted by Gasteiger charge is -1.91. The Morgan fingerprint density at radius 3 is 1.88 bits per heavy atom. The molecule has 0 aliphatic rings. The van der Waals surface area contributed by atoms with Gasteiger partial charge in [0.15, 0.2) is 0 Å². The molecule has 0 saturated carbocycles. The van der Waals surface area contributed by atoms with Gasteiger partial charge in [0.1, 0.15) is 0 Å². The molecule has 0 spiro atoms. The Labute approximate surface area is 52.8 Å². The molecule has 1 nitrogen and oxygen atoms in total. The van der Waals surface area contributed by atoms with Crippen molar-refractivity contribution in [1.29, 1.82) is 0 Å². The molecule has 0 saturated heterocycles. The van der Waals surface area contributed by atoms with E-state index in [1.54, 1.807) is 0 Å². The van der Waals surface area contributed by atoms with E-state index in [1.165, 1.54) is 6.42 Å². The molecular weight excluding hydrogens is 98.1 g/mol. The van der Waals surface area contributed by atoms with Gasteiger partial charge in [-0.2, -0.15) is 0 Å². The molecule has 0 atom stereocenters. The van der Waals surface area contributed by atoms with Crippen LogP contribution in [0.3, 0.4) is 0 Å². The average molecular weight is 115 g/mol. The molecule has 0 aromatic heterocycles. The molecule has 0 radical (unpaired) electrons. The van der Waals surface area contributed by atoms with Crippen LogP contribution in [0, 0.1) is 0 Å². The van der Waals surface area contributed by atoms with Crippen LogP contribution in [-0.2, 0) is 0 Å².